The van der Waals surface area contributed by atoms with Crippen molar-refractivity contribution in [3.8, 4) is 0 Å². The number of benzene rings is 1. The van der Waals surface area contributed by atoms with Crippen LogP contribution in [0.15, 0.2) is 24.3 Å². The molecule has 0 aromatic heterocycles. The van der Waals surface area contributed by atoms with Gasteiger partial charge in [0, 0.05) is 6.54 Å². The van der Waals surface area contributed by atoms with Gasteiger partial charge in [0.2, 0.25) is 10.0 Å². The van der Waals surface area contributed by atoms with Crippen LogP contribution in [-0.4, -0.2) is 30.1 Å². The van der Waals surface area contributed by atoms with Crippen LogP contribution >= 0.6 is 0 Å². The van der Waals surface area contributed by atoms with Gasteiger partial charge in [0.05, 0.1) is 18.4 Å². The molecule has 1 N–H and O–H groups in total. The predicted octanol–water partition coefficient (Wildman–Crippen LogP) is 2.83. The van der Waals surface area contributed by atoms with Gasteiger partial charge in [-0.05, 0) is 17.5 Å². The Morgan fingerprint density at radius 1 is 1.24 bits per heavy atom. The third-order valence-electron chi connectivity index (χ3n) is 4.21. The van der Waals surface area contributed by atoms with Gasteiger partial charge in [-0.15, -0.1) is 0 Å². The van der Waals surface area contributed by atoms with Gasteiger partial charge in [-0.25, -0.2) is 8.42 Å². The molecule has 21 heavy (non-hydrogen) atoms. The zero-order chi connectivity index (χ0) is 15.5. The Hall–Kier alpha value is -0.910. The summed E-state index contributed by atoms with van der Waals surface area (Å²) in [5.41, 5.74) is 1.78. The minimum absolute atomic E-state index is 0.341. The van der Waals surface area contributed by atoms with Crippen LogP contribution in [0, 0.1) is 0 Å². The Morgan fingerprint density at radius 2 is 1.95 bits per heavy atom. The molecule has 5 heteroatoms. The molecule has 1 aromatic carbocycles. The number of rotatable bonds is 6. The average molecular weight is 311 g/mol. The van der Waals surface area contributed by atoms with E-state index in [0.717, 1.165) is 36.8 Å². The Labute approximate surface area is 127 Å². The molecule has 0 aliphatic carbocycles. The number of aliphatic hydroxyl groups is 1. The summed E-state index contributed by atoms with van der Waals surface area (Å²) in [4.78, 5) is 0. The third-order valence-corrected chi connectivity index (χ3v) is 5.47. The monoisotopic (exact) mass is 311 g/mol. The number of hydrogen-bond acceptors (Lipinski definition) is 3. The first-order valence-corrected chi connectivity index (χ1v) is 9.52. The van der Waals surface area contributed by atoms with Crippen molar-refractivity contribution in [1.29, 1.82) is 0 Å². The maximum Gasteiger partial charge on any atom is 0.211 e. The third kappa shape index (κ3) is 3.84. The van der Waals surface area contributed by atoms with Gasteiger partial charge < -0.3 is 5.11 Å². The van der Waals surface area contributed by atoms with Crippen LogP contribution in [0.3, 0.4) is 0 Å². The standard InChI is InChI=1S/C16H25NO3S/c1-3-4-5-6-11-15-16(18)14-10-8-7-9-13(14)12-17(15)21(2,19)20/h7-10,15-16,18H,3-6,11-12H2,1-2H3/t15-,16+/m0/s1. The minimum Gasteiger partial charge on any atom is -0.387 e. The summed E-state index contributed by atoms with van der Waals surface area (Å²) in [6.07, 6.45) is 5.54. The van der Waals surface area contributed by atoms with E-state index < -0.39 is 16.1 Å². The van der Waals surface area contributed by atoms with E-state index in [-0.39, 0.29) is 6.04 Å². The largest absolute Gasteiger partial charge is 0.387 e. The van der Waals surface area contributed by atoms with Crippen molar-refractivity contribution < 1.29 is 13.5 Å². The molecule has 2 atom stereocenters. The van der Waals surface area contributed by atoms with Crippen molar-refractivity contribution in [2.45, 2.75) is 57.7 Å². The molecule has 0 spiro atoms. The van der Waals surface area contributed by atoms with E-state index in [4.69, 9.17) is 0 Å². The van der Waals surface area contributed by atoms with Crippen molar-refractivity contribution >= 4 is 10.0 Å². The molecule has 1 aromatic rings. The first kappa shape index (κ1) is 16.5. The van der Waals surface area contributed by atoms with E-state index in [1.165, 1.54) is 10.6 Å². The molecule has 0 fully saturated rings. The zero-order valence-electron chi connectivity index (χ0n) is 12.8. The highest BCUT2D eigenvalue weighted by atomic mass is 32.2. The summed E-state index contributed by atoms with van der Waals surface area (Å²) < 4.78 is 25.6. The van der Waals surface area contributed by atoms with E-state index in [9.17, 15) is 13.5 Å². The lowest BCUT2D eigenvalue weighted by atomic mass is 9.90. The van der Waals surface area contributed by atoms with Gasteiger partial charge in [-0.2, -0.15) is 4.31 Å². The summed E-state index contributed by atoms with van der Waals surface area (Å²) >= 11 is 0. The topological polar surface area (TPSA) is 57.6 Å². The number of fused-ring (bicyclic) bond motifs is 1. The second-order valence-corrected chi connectivity index (χ2v) is 7.80. The number of aliphatic hydroxyl groups excluding tert-OH is 1. The molecule has 4 nitrogen and oxygen atoms in total. The average Bonchev–Trinajstić information content (AvgIpc) is 2.44. The fourth-order valence-corrected chi connectivity index (χ4v) is 4.15. The summed E-state index contributed by atoms with van der Waals surface area (Å²) in [5.74, 6) is 0. The molecule has 0 saturated heterocycles. The Balaban J connectivity index is 2.22. The lowest BCUT2D eigenvalue weighted by Gasteiger charge is -2.38. The fourth-order valence-electron chi connectivity index (χ4n) is 3.06. The second kappa shape index (κ2) is 6.90. The van der Waals surface area contributed by atoms with Crippen molar-refractivity contribution in [2.75, 3.05) is 6.26 Å². The molecule has 0 radical (unpaired) electrons. The first-order chi connectivity index (χ1) is 9.95. The highest BCUT2D eigenvalue weighted by molar-refractivity contribution is 7.88. The van der Waals surface area contributed by atoms with Crippen molar-refractivity contribution in [3.05, 3.63) is 35.4 Å². The van der Waals surface area contributed by atoms with Crippen molar-refractivity contribution in [3.63, 3.8) is 0 Å². The van der Waals surface area contributed by atoms with E-state index >= 15 is 0 Å². The van der Waals surface area contributed by atoms with Crippen LogP contribution in [0.2, 0.25) is 0 Å². The summed E-state index contributed by atoms with van der Waals surface area (Å²) in [6.45, 7) is 2.51. The highest BCUT2D eigenvalue weighted by Gasteiger charge is 2.37. The van der Waals surface area contributed by atoms with Gasteiger partial charge >= 0.3 is 0 Å². The van der Waals surface area contributed by atoms with E-state index in [1.807, 2.05) is 24.3 Å². The normalized spacial score (nSPS) is 23.0. The van der Waals surface area contributed by atoms with Crippen molar-refractivity contribution in [2.24, 2.45) is 0 Å². The van der Waals surface area contributed by atoms with Gasteiger partial charge in [0.15, 0.2) is 0 Å². The molecular weight excluding hydrogens is 286 g/mol. The molecule has 118 valence electrons. The summed E-state index contributed by atoms with van der Waals surface area (Å²) in [7, 11) is -3.32. The Bertz CT molecular complexity index is 571. The SMILES string of the molecule is CCCCCC[C@H]1[C@H](O)c2ccccc2CN1S(C)(=O)=O. The van der Waals surface area contributed by atoms with Crippen LogP contribution in [0.4, 0.5) is 0 Å². The molecule has 0 saturated carbocycles. The minimum atomic E-state index is -3.32. The lowest BCUT2D eigenvalue weighted by Crippen LogP contribution is -2.46. The lowest BCUT2D eigenvalue weighted by molar-refractivity contribution is 0.0664. The number of unbranched alkanes of at least 4 members (excludes halogenated alkanes) is 3. The van der Waals surface area contributed by atoms with E-state index in [0.29, 0.717) is 13.0 Å². The second-order valence-electron chi connectivity index (χ2n) is 5.87. The molecule has 0 bridgehead atoms. The predicted molar refractivity (Wildman–Crippen MR) is 84.3 cm³/mol. The molecule has 1 heterocycles. The van der Waals surface area contributed by atoms with Gasteiger partial charge in [0.1, 0.15) is 0 Å². The van der Waals surface area contributed by atoms with Gasteiger partial charge in [0.25, 0.3) is 0 Å². The van der Waals surface area contributed by atoms with Gasteiger partial charge in [-0.3, -0.25) is 0 Å². The first-order valence-electron chi connectivity index (χ1n) is 7.68. The molecule has 0 unspecified atom stereocenters. The van der Waals surface area contributed by atoms with Crippen LogP contribution in [0.1, 0.15) is 56.3 Å². The zero-order valence-corrected chi connectivity index (χ0v) is 13.6. The quantitative estimate of drug-likeness (QED) is 0.822. The van der Waals surface area contributed by atoms with Gasteiger partial charge in [-0.1, -0.05) is 56.9 Å². The van der Waals surface area contributed by atoms with E-state index in [1.54, 1.807) is 0 Å². The molecule has 1 aliphatic heterocycles. The molecular formula is C16H25NO3S. The Kier molecular flexibility index (Phi) is 5.41. The number of nitrogens with zero attached hydrogens (tertiary/aromatic N) is 1. The molecule has 0 amide bonds. The maximum atomic E-state index is 12.1. The van der Waals surface area contributed by atoms with Crippen molar-refractivity contribution in [1.82, 2.24) is 4.31 Å². The van der Waals surface area contributed by atoms with Crippen LogP contribution < -0.4 is 0 Å². The number of hydrogen-bond donors (Lipinski definition) is 1. The molecule has 1 aliphatic rings. The number of sulfonamides is 1. The fraction of sp³-hybridized carbons (Fsp3) is 0.625. The van der Waals surface area contributed by atoms with Crippen LogP contribution in [0.5, 0.6) is 0 Å². The van der Waals surface area contributed by atoms with Crippen LogP contribution in [0.25, 0.3) is 0 Å². The maximum absolute atomic E-state index is 12.1. The summed E-state index contributed by atoms with van der Waals surface area (Å²) in [5, 5.41) is 10.6. The van der Waals surface area contributed by atoms with E-state index in [2.05, 4.69) is 6.92 Å². The smallest absolute Gasteiger partial charge is 0.211 e. The summed E-state index contributed by atoms with van der Waals surface area (Å²) in [6, 6.07) is 7.23. The Morgan fingerprint density at radius 3 is 2.62 bits per heavy atom. The van der Waals surface area contributed by atoms with Crippen LogP contribution in [-0.2, 0) is 16.6 Å². The highest BCUT2D eigenvalue weighted by Crippen LogP contribution is 2.35. The molecule has 2 rings (SSSR count).